The van der Waals surface area contributed by atoms with Crippen LogP contribution in [0.1, 0.15) is 101 Å². The van der Waals surface area contributed by atoms with Gasteiger partial charge >= 0.3 is 0 Å². The van der Waals surface area contributed by atoms with Gasteiger partial charge in [0.15, 0.2) is 11.4 Å². The van der Waals surface area contributed by atoms with E-state index in [0.29, 0.717) is 34.9 Å². The number of likely N-dealkylation sites (tertiary alicyclic amines) is 1. The van der Waals surface area contributed by atoms with Crippen LogP contribution in [0.15, 0.2) is 109 Å². The third-order valence-corrected chi connectivity index (χ3v) is 8.51. The second-order valence-corrected chi connectivity index (χ2v) is 13.1. The van der Waals surface area contributed by atoms with Gasteiger partial charge in [0.2, 0.25) is 5.91 Å². The minimum Gasteiger partial charge on any atom is -0.478 e. The zero-order valence-corrected chi connectivity index (χ0v) is 31.7. The quantitative estimate of drug-likeness (QED) is 0.0840. The summed E-state index contributed by atoms with van der Waals surface area (Å²) in [7, 11) is 0. The molecule has 1 saturated heterocycles. The highest BCUT2D eigenvalue weighted by Gasteiger charge is 2.33. The smallest absolute Gasteiger partial charge is 0.263 e. The van der Waals surface area contributed by atoms with Gasteiger partial charge in [0.1, 0.15) is 5.75 Å². The van der Waals surface area contributed by atoms with Gasteiger partial charge in [0.05, 0.1) is 0 Å². The average Bonchev–Trinajstić information content (AvgIpc) is 3.57. The summed E-state index contributed by atoms with van der Waals surface area (Å²) in [6.07, 6.45) is 30.7. The molecule has 1 fully saturated rings. The van der Waals surface area contributed by atoms with Crippen molar-refractivity contribution in [1.82, 2.24) is 10.2 Å². The van der Waals surface area contributed by atoms with Gasteiger partial charge in [0.25, 0.3) is 5.91 Å². The Morgan fingerprint density at radius 2 is 1.34 bits per heavy atom. The average molecular weight is 719 g/mol. The Morgan fingerprint density at radius 3 is 1.90 bits per heavy atom. The summed E-state index contributed by atoms with van der Waals surface area (Å²) in [4.78, 5) is 40.8. The van der Waals surface area contributed by atoms with Crippen molar-refractivity contribution in [3.05, 3.63) is 125 Å². The lowest BCUT2D eigenvalue weighted by Gasteiger charge is -2.29. The summed E-state index contributed by atoms with van der Waals surface area (Å²) in [5, 5.41) is 3.57. The Morgan fingerprint density at radius 1 is 0.820 bits per heavy atom. The maximum absolute atomic E-state index is 13.1. The molecule has 0 unspecified atom stereocenters. The van der Waals surface area contributed by atoms with Crippen LogP contribution in [0.2, 0.25) is 5.02 Å². The third-order valence-electron chi connectivity index (χ3n) is 8.26. The molecule has 0 spiro atoms. The molecule has 270 valence electrons. The first-order valence-corrected chi connectivity index (χ1v) is 18.0. The molecule has 8 heteroatoms. The largest absolute Gasteiger partial charge is 0.478 e. The number of ketones is 1. The molecule has 0 aliphatic carbocycles. The second kappa shape index (κ2) is 23.6. The number of carbonyl (C=O) groups excluding carboxylic acids is 3. The fraction of sp³-hybridized carbons (Fsp3) is 0.405. The monoisotopic (exact) mass is 718 g/mol. The molecule has 6 nitrogen and oxygen atoms in total. The molecular weight excluding hydrogens is 664 g/mol. The van der Waals surface area contributed by atoms with E-state index in [2.05, 4.69) is 73.0 Å². The SMILES string of the molecule is CC/C=C\C/C=C\C/C=C\C/C=C\C/C=C\CCCC(=O)N1CCC[C@H]1CNC(=O)C(C)(C)Oc1ccc(C(=O)c2ccc(Cl)cc2)cc1.S. The summed E-state index contributed by atoms with van der Waals surface area (Å²) in [5.41, 5.74) is -0.0839. The van der Waals surface area contributed by atoms with Crippen molar-refractivity contribution < 1.29 is 19.1 Å². The van der Waals surface area contributed by atoms with Crippen LogP contribution in [0.5, 0.6) is 5.75 Å². The number of halogens is 1. The van der Waals surface area contributed by atoms with E-state index >= 15 is 0 Å². The van der Waals surface area contributed by atoms with E-state index in [1.807, 2.05) is 4.90 Å². The number of benzene rings is 2. The van der Waals surface area contributed by atoms with Gasteiger partial charge < -0.3 is 15.0 Å². The van der Waals surface area contributed by atoms with Crippen LogP contribution in [0, 0.1) is 0 Å². The van der Waals surface area contributed by atoms with Gasteiger partial charge in [-0.1, -0.05) is 79.3 Å². The first-order valence-electron chi connectivity index (χ1n) is 17.6. The van der Waals surface area contributed by atoms with Crippen molar-refractivity contribution in [1.29, 1.82) is 0 Å². The molecule has 0 radical (unpaired) electrons. The molecule has 2 aromatic carbocycles. The third kappa shape index (κ3) is 15.4. The maximum Gasteiger partial charge on any atom is 0.263 e. The van der Waals surface area contributed by atoms with E-state index in [-0.39, 0.29) is 37.1 Å². The number of hydrogen-bond acceptors (Lipinski definition) is 4. The molecule has 3 rings (SSSR count). The normalized spacial score (nSPS) is 15.1. The van der Waals surface area contributed by atoms with Crippen LogP contribution < -0.4 is 10.1 Å². The van der Waals surface area contributed by atoms with Gasteiger partial charge in [-0.3, -0.25) is 14.4 Å². The molecule has 2 aromatic rings. The van der Waals surface area contributed by atoms with Crippen molar-refractivity contribution >= 4 is 42.7 Å². The Bertz CT molecular complexity index is 1480. The molecule has 2 amide bonds. The zero-order valence-electron chi connectivity index (χ0n) is 29.9. The van der Waals surface area contributed by atoms with Crippen molar-refractivity contribution in [2.24, 2.45) is 0 Å². The Hall–Kier alpha value is -3.81. The lowest BCUT2D eigenvalue weighted by atomic mass is 10.0. The number of carbonyl (C=O) groups is 3. The van der Waals surface area contributed by atoms with Crippen LogP contribution in [-0.2, 0) is 9.59 Å². The zero-order chi connectivity index (χ0) is 35.3. The first-order chi connectivity index (χ1) is 23.7. The number of rotatable bonds is 20. The van der Waals surface area contributed by atoms with Gasteiger partial charge in [-0.05, 0) is 120 Å². The number of unbranched alkanes of at least 4 members (excludes halogenated alkanes) is 1. The minimum atomic E-state index is -1.14. The standard InChI is InChI=1S/C42H53ClN2O4.H2S/c1-4-5-6-7-8-9-10-11-12-13-14-15-16-17-18-19-20-23-39(46)45-32-21-22-37(45)33-44-41(48)42(2,3)49-38-30-26-35(27-31-38)40(47)34-24-28-36(43)29-25-34;/h5-6,8-9,11-12,14-15,17-18,24-31,37H,4,7,10,13,16,19-23,32-33H2,1-3H3,(H,44,48);1H2/b6-5-,9-8-,12-11-,15-14-,18-17-;/t37-;/m0./s1. The molecule has 0 aromatic heterocycles. The van der Waals surface area contributed by atoms with E-state index in [9.17, 15) is 14.4 Å². The fourth-order valence-corrected chi connectivity index (χ4v) is 5.59. The Balaban J connectivity index is 0.00000867. The van der Waals surface area contributed by atoms with Crippen LogP contribution in [-0.4, -0.2) is 47.2 Å². The van der Waals surface area contributed by atoms with Crippen molar-refractivity contribution in [2.75, 3.05) is 13.1 Å². The van der Waals surface area contributed by atoms with Gasteiger partial charge in [-0.25, -0.2) is 0 Å². The predicted octanol–water partition coefficient (Wildman–Crippen LogP) is 9.87. The number of allylic oxidation sites excluding steroid dienone is 10. The predicted molar refractivity (Wildman–Crippen MR) is 212 cm³/mol. The summed E-state index contributed by atoms with van der Waals surface area (Å²) >= 11 is 5.93. The summed E-state index contributed by atoms with van der Waals surface area (Å²) in [6.45, 7) is 6.68. The highest BCUT2D eigenvalue weighted by molar-refractivity contribution is 7.59. The van der Waals surface area contributed by atoms with E-state index in [4.69, 9.17) is 16.3 Å². The topological polar surface area (TPSA) is 75.7 Å². The van der Waals surface area contributed by atoms with Crippen molar-refractivity contribution in [3.8, 4) is 5.75 Å². The maximum atomic E-state index is 13.1. The molecule has 0 saturated carbocycles. The van der Waals surface area contributed by atoms with E-state index in [1.54, 1.807) is 62.4 Å². The van der Waals surface area contributed by atoms with Gasteiger partial charge in [0, 0.05) is 41.7 Å². The van der Waals surface area contributed by atoms with Crippen molar-refractivity contribution in [3.63, 3.8) is 0 Å². The molecule has 50 heavy (non-hydrogen) atoms. The highest BCUT2D eigenvalue weighted by atomic mass is 35.5. The second-order valence-electron chi connectivity index (χ2n) is 12.7. The Labute approximate surface area is 311 Å². The number of ether oxygens (including phenoxy) is 1. The molecule has 1 atom stereocenters. The number of hydrogen-bond donors (Lipinski definition) is 1. The van der Waals surface area contributed by atoms with E-state index < -0.39 is 5.60 Å². The van der Waals surface area contributed by atoms with Crippen LogP contribution >= 0.6 is 25.1 Å². The van der Waals surface area contributed by atoms with Crippen LogP contribution in [0.3, 0.4) is 0 Å². The minimum absolute atomic E-state index is 0. The van der Waals surface area contributed by atoms with Crippen LogP contribution in [0.25, 0.3) is 0 Å². The lowest BCUT2D eigenvalue weighted by molar-refractivity contribution is -0.136. The fourth-order valence-electron chi connectivity index (χ4n) is 5.47. The van der Waals surface area contributed by atoms with Crippen molar-refractivity contribution in [2.45, 2.75) is 96.6 Å². The molecule has 1 aliphatic rings. The van der Waals surface area contributed by atoms with Gasteiger partial charge in [-0.15, -0.1) is 0 Å². The number of nitrogens with zero attached hydrogens (tertiary/aromatic N) is 1. The van der Waals surface area contributed by atoms with Gasteiger partial charge in [-0.2, -0.15) is 13.5 Å². The Kier molecular flexibility index (Phi) is 20.0. The summed E-state index contributed by atoms with van der Waals surface area (Å²) in [5.74, 6) is 0.252. The molecule has 1 heterocycles. The van der Waals surface area contributed by atoms with E-state index in [1.165, 1.54) is 0 Å². The van der Waals surface area contributed by atoms with Crippen LogP contribution in [0.4, 0.5) is 0 Å². The van der Waals surface area contributed by atoms with E-state index in [0.717, 1.165) is 64.3 Å². The first kappa shape index (κ1) is 42.4. The number of amides is 2. The molecule has 0 bridgehead atoms. The molecule has 1 aliphatic heterocycles. The number of nitrogens with one attached hydrogen (secondary N) is 1. The highest BCUT2D eigenvalue weighted by Crippen LogP contribution is 2.23. The summed E-state index contributed by atoms with van der Waals surface area (Å²) < 4.78 is 6.01. The molecule has 1 N–H and O–H groups in total. The summed E-state index contributed by atoms with van der Waals surface area (Å²) in [6, 6.07) is 13.5. The molecular formula is C42H55ClN2O4S. The lowest BCUT2D eigenvalue weighted by Crippen LogP contribution is -2.50.